The zero-order chi connectivity index (χ0) is 26.3. The summed E-state index contributed by atoms with van der Waals surface area (Å²) in [4.78, 5) is 50.8. The van der Waals surface area contributed by atoms with Gasteiger partial charge in [-0.3, -0.25) is 19.5 Å². The van der Waals surface area contributed by atoms with Gasteiger partial charge in [-0.25, -0.2) is 14.8 Å². The van der Waals surface area contributed by atoms with Gasteiger partial charge in [0.15, 0.2) is 17.4 Å². The Kier molecular flexibility index (Phi) is 6.72. The molecule has 0 N–H and O–H groups in total. The normalized spacial score (nSPS) is 17.9. The van der Waals surface area contributed by atoms with E-state index in [0.717, 1.165) is 12.0 Å². The highest BCUT2D eigenvalue weighted by Crippen LogP contribution is 2.33. The van der Waals surface area contributed by atoms with Gasteiger partial charge in [-0.1, -0.05) is 11.6 Å². The van der Waals surface area contributed by atoms with Gasteiger partial charge in [0.05, 0.1) is 37.0 Å². The van der Waals surface area contributed by atoms with Crippen molar-refractivity contribution in [3.8, 4) is 11.6 Å². The van der Waals surface area contributed by atoms with E-state index in [9.17, 15) is 14.4 Å². The summed E-state index contributed by atoms with van der Waals surface area (Å²) in [5.74, 6) is 0.991. The Morgan fingerprint density at radius 1 is 1.24 bits per heavy atom. The third kappa shape index (κ3) is 4.95. The molecule has 0 aromatic carbocycles. The van der Waals surface area contributed by atoms with Crippen molar-refractivity contribution in [3.05, 3.63) is 45.1 Å². The molecule has 2 atom stereocenters. The van der Waals surface area contributed by atoms with E-state index < -0.39 is 6.09 Å². The van der Waals surface area contributed by atoms with Crippen LogP contribution in [-0.4, -0.2) is 56.8 Å². The molecule has 0 bridgehead atoms. The lowest BCUT2D eigenvalue weighted by Crippen LogP contribution is -2.28. The number of aromatic nitrogens is 4. The van der Waals surface area contributed by atoms with Gasteiger partial charge in [0, 0.05) is 13.1 Å². The van der Waals surface area contributed by atoms with Gasteiger partial charge in [0.25, 0.3) is 5.56 Å². The molecule has 0 radical (unpaired) electrons. The summed E-state index contributed by atoms with van der Waals surface area (Å²) >= 11 is 6.40. The number of fused-ring (bicyclic) bond motifs is 2. The van der Waals surface area contributed by atoms with Crippen molar-refractivity contribution < 1.29 is 23.8 Å². The van der Waals surface area contributed by atoms with Crippen LogP contribution in [0.5, 0.6) is 11.6 Å². The van der Waals surface area contributed by atoms with Crippen LogP contribution in [0.4, 0.5) is 10.6 Å². The lowest BCUT2D eigenvalue weighted by molar-refractivity contribution is -0.121. The number of hydrogen-bond donors (Lipinski definition) is 0. The van der Waals surface area contributed by atoms with Crippen LogP contribution in [0.25, 0.3) is 11.0 Å². The van der Waals surface area contributed by atoms with Crippen molar-refractivity contribution in [3.63, 3.8) is 0 Å². The van der Waals surface area contributed by atoms with Crippen LogP contribution in [0.2, 0.25) is 5.02 Å². The monoisotopic (exact) mass is 527 g/mol. The maximum atomic E-state index is 12.5. The molecule has 1 unspecified atom stereocenters. The molecule has 1 amide bonds. The van der Waals surface area contributed by atoms with Crippen LogP contribution >= 0.6 is 11.6 Å². The molecule has 11 nitrogen and oxygen atoms in total. The van der Waals surface area contributed by atoms with Crippen LogP contribution in [0.15, 0.2) is 23.3 Å². The Hall–Kier alpha value is -3.73. The predicted molar refractivity (Wildman–Crippen MR) is 135 cm³/mol. The number of ether oxygens (including phenoxy) is 3. The predicted octanol–water partition coefficient (Wildman–Crippen LogP) is 3.15. The Labute approximate surface area is 217 Å². The summed E-state index contributed by atoms with van der Waals surface area (Å²) in [7, 11) is 1.66. The average Bonchev–Trinajstić information content (AvgIpc) is 3.23. The standard InChI is InChI=1S/C25H26ClN5O6/c1-13-7-20(33)30(3)22-21(13)27-9-17(26)23(22)36-14(2)5-4-6-16-11-31(25(34)37-16)19-10-28-24-18(29-19)8-15(32)12-35-24/h7,9-10,14,16H,4-6,8,11-12H2,1-3H3/t14?,16-/m0/s1. The van der Waals surface area contributed by atoms with E-state index in [-0.39, 0.29) is 36.6 Å². The van der Waals surface area contributed by atoms with Crippen molar-refractivity contribution in [1.82, 2.24) is 19.5 Å². The second-order valence-electron chi connectivity index (χ2n) is 9.32. The molecule has 194 valence electrons. The number of hydrogen-bond acceptors (Lipinski definition) is 9. The quantitative estimate of drug-likeness (QED) is 0.455. The minimum atomic E-state index is -0.502. The van der Waals surface area contributed by atoms with E-state index >= 15 is 0 Å². The number of Topliss-reactive ketones (excluding diaryl/α,β-unsaturated/α-hetero) is 1. The summed E-state index contributed by atoms with van der Waals surface area (Å²) in [5.41, 5.74) is 2.23. The first-order chi connectivity index (χ1) is 17.7. The number of nitrogens with zero attached hydrogens (tertiary/aromatic N) is 5. The van der Waals surface area contributed by atoms with Gasteiger partial charge < -0.3 is 18.8 Å². The summed E-state index contributed by atoms with van der Waals surface area (Å²) in [6.07, 6.45) is 4.10. The Balaban J connectivity index is 1.20. The molecule has 12 heteroatoms. The highest BCUT2D eigenvalue weighted by atomic mass is 35.5. The number of carbonyl (C=O) groups excluding carboxylic acids is 2. The maximum absolute atomic E-state index is 12.5. The molecule has 3 aromatic rings. The van der Waals surface area contributed by atoms with E-state index in [2.05, 4.69) is 15.0 Å². The molecule has 1 fully saturated rings. The number of carbonyl (C=O) groups is 2. The lowest BCUT2D eigenvalue weighted by Gasteiger charge is -2.19. The van der Waals surface area contributed by atoms with Crippen LogP contribution in [0.1, 0.15) is 37.4 Å². The second-order valence-corrected chi connectivity index (χ2v) is 9.72. The van der Waals surface area contributed by atoms with Gasteiger partial charge in [0.2, 0.25) is 5.88 Å². The Morgan fingerprint density at radius 2 is 2.05 bits per heavy atom. The topological polar surface area (TPSA) is 126 Å². The summed E-state index contributed by atoms with van der Waals surface area (Å²) < 4.78 is 18.5. The van der Waals surface area contributed by atoms with Crippen LogP contribution < -0.4 is 19.9 Å². The Morgan fingerprint density at radius 3 is 2.86 bits per heavy atom. The smallest absolute Gasteiger partial charge is 0.415 e. The number of amides is 1. The summed E-state index contributed by atoms with van der Waals surface area (Å²) in [6, 6.07) is 1.53. The van der Waals surface area contributed by atoms with Gasteiger partial charge in [-0.05, 0) is 38.7 Å². The van der Waals surface area contributed by atoms with Gasteiger partial charge in [0.1, 0.15) is 28.9 Å². The third-order valence-electron chi connectivity index (χ3n) is 6.48. The summed E-state index contributed by atoms with van der Waals surface area (Å²) in [5, 5.41) is 0.332. The number of pyridine rings is 2. The highest BCUT2D eigenvalue weighted by molar-refractivity contribution is 6.32. The summed E-state index contributed by atoms with van der Waals surface area (Å²) in [6.45, 7) is 4.07. The molecular formula is C25H26ClN5O6. The molecular weight excluding hydrogens is 502 g/mol. The molecule has 0 spiro atoms. The minimum Gasteiger partial charge on any atom is -0.487 e. The molecule has 2 aliphatic heterocycles. The molecule has 0 aliphatic carbocycles. The molecule has 3 aromatic heterocycles. The van der Waals surface area contributed by atoms with Crippen molar-refractivity contribution in [1.29, 1.82) is 0 Å². The van der Waals surface area contributed by atoms with Crippen molar-refractivity contribution in [2.24, 2.45) is 7.05 Å². The number of anilines is 1. The fraction of sp³-hybridized carbons (Fsp3) is 0.440. The SMILES string of the molecule is Cc1cc(=O)n(C)c2c(OC(C)CCC[C@H]3CN(c4cnc5c(n4)CC(=O)CO5)C(=O)O3)c(Cl)cnc12. The first-order valence-corrected chi connectivity index (χ1v) is 12.4. The van der Waals surface area contributed by atoms with E-state index in [1.807, 2.05) is 13.8 Å². The number of rotatable bonds is 7. The number of halogens is 1. The zero-order valence-electron chi connectivity index (χ0n) is 20.7. The molecule has 2 aliphatic rings. The van der Waals surface area contributed by atoms with E-state index in [4.69, 9.17) is 25.8 Å². The number of cyclic esters (lactones) is 1. The van der Waals surface area contributed by atoms with Crippen molar-refractivity contribution in [2.45, 2.75) is 51.7 Å². The van der Waals surface area contributed by atoms with E-state index in [1.165, 1.54) is 27.9 Å². The van der Waals surface area contributed by atoms with Gasteiger partial charge >= 0.3 is 6.09 Å². The fourth-order valence-corrected chi connectivity index (χ4v) is 4.73. The minimum absolute atomic E-state index is 0.0155. The van der Waals surface area contributed by atoms with E-state index in [1.54, 1.807) is 7.05 Å². The van der Waals surface area contributed by atoms with Crippen molar-refractivity contribution >= 4 is 40.3 Å². The first kappa shape index (κ1) is 24.9. The fourth-order valence-electron chi connectivity index (χ4n) is 4.54. The third-order valence-corrected chi connectivity index (χ3v) is 6.75. The second kappa shape index (κ2) is 9.97. The highest BCUT2D eigenvalue weighted by Gasteiger charge is 2.34. The maximum Gasteiger partial charge on any atom is 0.415 e. The zero-order valence-corrected chi connectivity index (χ0v) is 21.4. The van der Waals surface area contributed by atoms with Crippen LogP contribution in [0.3, 0.4) is 0 Å². The molecule has 0 saturated carbocycles. The largest absolute Gasteiger partial charge is 0.487 e. The molecule has 5 heterocycles. The van der Waals surface area contributed by atoms with Crippen LogP contribution in [0, 0.1) is 6.92 Å². The first-order valence-electron chi connectivity index (χ1n) is 12.0. The van der Waals surface area contributed by atoms with E-state index in [0.29, 0.717) is 58.6 Å². The molecule has 5 rings (SSSR count). The number of aryl methyl sites for hydroxylation is 2. The van der Waals surface area contributed by atoms with Gasteiger partial charge in [-0.2, -0.15) is 0 Å². The van der Waals surface area contributed by atoms with Crippen molar-refractivity contribution in [2.75, 3.05) is 18.1 Å². The lowest BCUT2D eigenvalue weighted by atomic mass is 10.1. The molecule has 37 heavy (non-hydrogen) atoms. The Bertz CT molecular complexity index is 1460. The average molecular weight is 528 g/mol. The van der Waals surface area contributed by atoms with Crippen LogP contribution in [-0.2, 0) is 23.0 Å². The molecule has 1 saturated heterocycles. The van der Waals surface area contributed by atoms with Gasteiger partial charge in [-0.15, -0.1) is 0 Å². The number of ketones is 1.